The molecule has 1 aliphatic carbocycles. The predicted octanol–water partition coefficient (Wildman–Crippen LogP) is 4.13. The number of carbonyl (C=O) groups excluding carboxylic acids is 1. The van der Waals surface area contributed by atoms with Crippen molar-refractivity contribution < 1.29 is 22.7 Å². The SMILES string of the molecule is CC.CC(=O)CC1=C(F)CCC=C1OC(F)F. The summed E-state index contributed by atoms with van der Waals surface area (Å²) in [6, 6.07) is 0. The summed E-state index contributed by atoms with van der Waals surface area (Å²) >= 11 is 0. The molecule has 0 aromatic heterocycles. The van der Waals surface area contributed by atoms with Crippen molar-refractivity contribution in [2.24, 2.45) is 0 Å². The van der Waals surface area contributed by atoms with Crippen molar-refractivity contribution >= 4 is 5.78 Å². The van der Waals surface area contributed by atoms with Crippen LogP contribution in [0.15, 0.2) is 23.2 Å². The molecule has 0 fully saturated rings. The van der Waals surface area contributed by atoms with E-state index in [-0.39, 0.29) is 30.0 Å². The van der Waals surface area contributed by atoms with Gasteiger partial charge in [0.1, 0.15) is 17.4 Å². The number of alkyl halides is 2. The molecule has 1 rings (SSSR count). The standard InChI is InChI=1S/C10H11F3O2.C2H6/c1-6(14)5-7-8(11)3-2-4-9(7)15-10(12)13;1-2/h4,10H,2-3,5H2,1H3;1-2H3. The monoisotopic (exact) mass is 250 g/mol. The van der Waals surface area contributed by atoms with Crippen LogP contribution in [-0.2, 0) is 9.53 Å². The molecule has 0 atom stereocenters. The molecule has 0 saturated carbocycles. The average Bonchev–Trinajstić information content (AvgIpc) is 2.25. The molecule has 0 N–H and O–H groups in total. The van der Waals surface area contributed by atoms with E-state index in [0.29, 0.717) is 6.42 Å². The maximum atomic E-state index is 13.3. The van der Waals surface area contributed by atoms with E-state index in [0.717, 1.165) is 0 Å². The van der Waals surface area contributed by atoms with Gasteiger partial charge in [0, 0.05) is 18.4 Å². The summed E-state index contributed by atoms with van der Waals surface area (Å²) < 4.78 is 41.4. The van der Waals surface area contributed by atoms with Gasteiger partial charge in [-0.3, -0.25) is 4.79 Å². The summed E-state index contributed by atoms with van der Waals surface area (Å²) in [4.78, 5) is 10.8. The molecule has 0 unspecified atom stereocenters. The minimum absolute atomic E-state index is 0.0472. The molecule has 0 heterocycles. The van der Waals surface area contributed by atoms with Crippen LogP contribution in [0.25, 0.3) is 0 Å². The number of allylic oxidation sites excluding steroid dienone is 3. The molecule has 0 amide bonds. The molecule has 5 heteroatoms. The largest absolute Gasteiger partial charge is 0.435 e. The molecule has 98 valence electrons. The van der Waals surface area contributed by atoms with Crippen LogP contribution in [0.3, 0.4) is 0 Å². The number of ketones is 1. The van der Waals surface area contributed by atoms with Gasteiger partial charge in [-0.05, 0) is 19.4 Å². The van der Waals surface area contributed by atoms with Gasteiger partial charge in [0.25, 0.3) is 0 Å². The van der Waals surface area contributed by atoms with Crippen molar-refractivity contribution in [2.75, 3.05) is 0 Å². The van der Waals surface area contributed by atoms with E-state index in [9.17, 15) is 18.0 Å². The lowest BCUT2D eigenvalue weighted by atomic mass is 9.99. The molecule has 2 nitrogen and oxygen atoms in total. The first-order valence-corrected chi connectivity index (χ1v) is 5.53. The van der Waals surface area contributed by atoms with Crippen molar-refractivity contribution in [3.8, 4) is 0 Å². The summed E-state index contributed by atoms with van der Waals surface area (Å²) in [5, 5.41) is 0. The van der Waals surface area contributed by atoms with Crippen molar-refractivity contribution in [1.29, 1.82) is 0 Å². The Morgan fingerprint density at radius 1 is 1.47 bits per heavy atom. The maximum absolute atomic E-state index is 13.3. The summed E-state index contributed by atoms with van der Waals surface area (Å²) in [7, 11) is 0. The van der Waals surface area contributed by atoms with E-state index >= 15 is 0 Å². The van der Waals surface area contributed by atoms with Gasteiger partial charge < -0.3 is 4.74 Å². The first-order chi connectivity index (χ1) is 8.00. The smallest absolute Gasteiger partial charge is 0.387 e. The van der Waals surface area contributed by atoms with E-state index in [2.05, 4.69) is 4.74 Å². The zero-order chi connectivity index (χ0) is 13.4. The highest BCUT2D eigenvalue weighted by Gasteiger charge is 2.21. The summed E-state index contributed by atoms with van der Waals surface area (Å²) in [5.74, 6) is -1.03. The van der Waals surface area contributed by atoms with Crippen LogP contribution < -0.4 is 0 Å². The maximum Gasteiger partial charge on any atom is 0.387 e. The van der Waals surface area contributed by atoms with Gasteiger partial charge in [-0.25, -0.2) is 4.39 Å². The number of hydrogen-bond acceptors (Lipinski definition) is 2. The van der Waals surface area contributed by atoms with Crippen molar-refractivity contribution in [2.45, 2.75) is 46.6 Å². The second-order valence-corrected chi connectivity index (χ2v) is 3.25. The Bertz CT molecular complexity index is 320. The van der Waals surface area contributed by atoms with E-state index in [1.54, 1.807) is 0 Å². The van der Waals surface area contributed by atoms with E-state index in [1.165, 1.54) is 13.0 Å². The summed E-state index contributed by atoms with van der Waals surface area (Å²) in [6.07, 6.45) is 1.63. The Kier molecular flexibility index (Phi) is 7.34. The molecular weight excluding hydrogens is 233 g/mol. The quantitative estimate of drug-likeness (QED) is 0.749. The molecule has 0 saturated heterocycles. The summed E-state index contributed by atoms with van der Waals surface area (Å²) in [6.45, 7) is 2.28. The van der Waals surface area contributed by atoms with Crippen LogP contribution in [0.5, 0.6) is 0 Å². The zero-order valence-corrected chi connectivity index (χ0v) is 10.2. The molecular formula is C12H17F3O2. The Morgan fingerprint density at radius 2 is 2.06 bits per heavy atom. The Hall–Kier alpha value is -1.26. The topological polar surface area (TPSA) is 26.3 Å². The van der Waals surface area contributed by atoms with Gasteiger partial charge in [-0.1, -0.05) is 13.8 Å². The number of halogens is 3. The lowest BCUT2D eigenvalue weighted by Gasteiger charge is -2.17. The van der Waals surface area contributed by atoms with Gasteiger partial charge in [-0.2, -0.15) is 8.78 Å². The molecule has 0 bridgehead atoms. The molecule has 0 aliphatic heterocycles. The molecule has 17 heavy (non-hydrogen) atoms. The van der Waals surface area contributed by atoms with Gasteiger partial charge in [0.2, 0.25) is 0 Å². The van der Waals surface area contributed by atoms with Crippen molar-refractivity contribution in [1.82, 2.24) is 0 Å². The second kappa shape index (κ2) is 7.92. The van der Waals surface area contributed by atoms with E-state index in [4.69, 9.17) is 0 Å². The molecule has 0 spiro atoms. The van der Waals surface area contributed by atoms with Gasteiger partial charge >= 0.3 is 6.61 Å². The molecule has 0 radical (unpaired) electrons. The highest BCUT2D eigenvalue weighted by atomic mass is 19.3. The van der Waals surface area contributed by atoms with E-state index in [1.807, 2.05) is 13.8 Å². The van der Waals surface area contributed by atoms with Gasteiger partial charge in [-0.15, -0.1) is 0 Å². The number of carbonyl (C=O) groups is 1. The van der Waals surface area contributed by atoms with Crippen LogP contribution in [0.1, 0.15) is 40.0 Å². The lowest BCUT2D eigenvalue weighted by Crippen LogP contribution is -2.09. The Morgan fingerprint density at radius 3 is 2.53 bits per heavy atom. The van der Waals surface area contributed by atoms with Crippen LogP contribution in [0.4, 0.5) is 13.2 Å². The number of Topliss-reactive ketones (excluding diaryl/α,β-unsaturated/α-hetero) is 1. The summed E-state index contributed by atoms with van der Waals surface area (Å²) in [5.41, 5.74) is -0.0472. The molecule has 1 aliphatic rings. The molecule has 0 aromatic carbocycles. The van der Waals surface area contributed by atoms with E-state index < -0.39 is 12.4 Å². The third kappa shape index (κ3) is 5.56. The van der Waals surface area contributed by atoms with Gasteiger partial charge in [0.15, 0.2) is 0 Å². The van der Waals surface area contributed by atoms with Crippen LogP contribution >= 0.6 is 0 Å². The second-order valence-electron chi connectivity index (χ2n) is 3.25. The van der Waals surface area contributed by atoms with Crippen LogP contribution in [0.2, 0.25) is 0 Å². The number of hydrogen-bond donors (Lipinski definition) is 0. The fourth-order valence-corrected chi connectivity index (χ4v) is 1.38. The minimum Gasteiger partial charge on any atom is -0.435 e. The highest BCUT2D eigenvalue weighted by molar-refractivity contribution is 5.79. The van der Waals surface area contributed by atoms with Crippen LogP contribution in [0, 0.1) is 0 Å². The van der Waals surface area contributed by atoms with Crippen LogP contribution in [-0.4, -0.2) is 12.4 Å². The third-order valence-electron chi connectivity index (χ3n) is 1.96. The fraction of sp³-hybridized carbons (Fsp3) is 0.583. The Labute approximate surface area is 99.1 Å². The first-order valence-electron chi connectivity index (χ1n) is 5.53. The normalized spacial score (nSPS) is 15.1. The Balaban J connectivity index is 0.00000121. The highest BCUT2D eigenvalue weighted by Crippen LogP contribution is 2.30. The van der Waals surface area contributed by atoms with Gasteiger partial charge in [0.05, 0.1) is 0 Å². The average molecular weight is 250 g/mol. The molecule has 0 aromatic rings. The zero-order valence-electron chi connectivity index (χ0n) is 10.2. The van der Waals surface area contributed by atoms with Crippen molar-refractivity contribution in [3.05, 3.63) is 23.2 Å². The fourth-order valence-electron chi connectivity index (χ4n) is 1.38. The number of rotatable bonds is 4. The predicted molar refractivity (Wildman–Crippen MR) is 59.2 cm³/mol. The lowest BCUT2D eigenvalue weighted by molar-refractivity contribution is -0.117. The van der Waals surface area contributed by atoms with Crippen molar-refractivity contribution in [3.63, 3.8) is 0 Å². The first kappa shape index (κ1) is 15.7. The minimum atomic E-state index is -3.00. The third-order valence-corrected chi connectivity index (χ3v) is 1.96. The number of ether oxygens (including phenoxy) is 1.